The van der Waals surface area contributed by atoms with Crippen LogP contribution in [0.1, 0.15) is 11.3 Å². The molecule has 34 heavy (non-hydrogen) atoms. The second kappa shape index (κ2) is 9.20. The Kier molecular flexibility index (Phi) is 5.95. The molecule has 8 nitrogen and oxygen atoms in total. The lowest BCUT2D eigenvalue weighted by atomic mass is 10.1. The second-order valence-electron chi connectivity index (χ2n) is 7.69. The number of hydrogen-bond acceptors (Lipinski definition) is 7. The molecule has 2 heterocycles. The van der Waals surface area contributed by atoms with Crippen molar-refractivity contribution in [2.75, 3.05) is 13.9 Å². The summed E-state index contributed by atoms with van der Waals surface area (Å²) in [5, 5.41) is 4.13. The van der Waals surface area contributed by atoms with E-state index in [0.717, 1.165) is 11.1 Å². The van der Waals surface area contributed by atoms with Crippen molar-refractivity contribution in [1.29, 1.82) is 0 Å². The molecule has 9 heteroatoms. The van der Waals surface area contributed by atoms with Crippen molar-refractivity contribution in [1.82, 2.24) is 9.46 Å². The van der Waals surface area contributed by atoms with Crippen LogP contribution in [0.15, 0.2) is 88.3 Å². The van der Waals surface area contributed by atoms with Gasteiger partial charge in [0, 0.05) is 18.2 Å². The second-order valence-corrected chi connectivity index (χ2v) is 9.63. The number of methoxy groups -OCH3 is 1. The summed E-state index contributed by atoms with van der Waals surface area (Å²) in [6, 6.07) is 22.8. The first kappa shape index (κ1) is 22.0. The average molecular weight is 479 g/mol. The van der Waals surface area contributed by atoms with E-state index in [1.54, 1.807) is 55.6 Å². The lowest BCUT2D eigenvalue weighted by molar-refractivity contribution is 0.174. The molecule has 0 radical (unpaired) electrons. The quantitative estimate of drug-likeness (QED) is 0.369. The van der Waals surface area contributed by atoms with Crippen molar-refractivity contribution in [3.63, 3.8) is 0 Å². The van der Waals surface area contributed by atoms with E-state index in [-0.39, 0.29) is 24.8 Å². The Morgan fingerprint density at radius 3 is 2.56 bits per heavy atom. The number of rotatable bonds is 8. The topological polar surface area (TPSA) is 91.1 Å². The monoisotopic (exact) mass is 478 g/mol. The van der Waals surface area contributed by atoms with Gasteiger partial charge in [-0.05, 0) is 42.0 Å². The molecule has 0 spiro atoms. The summed E-state index contributed by atoms with van der Waals surface area (Å²) < 4.78 is 50.0. The van der Waals surface area contributed by atoms with Crippen LogP contribution < -0.4 is 14.2 Å². The highest BCUT2D eigenvalue weighted by atomic mass is 32.2. The van der Waals surface area contributed by atoms with Crippen LogP contribution in [0.25, 0.3) is 11.3 Å². The van der Waals surface area contributed by atoms with Crippen LogP contribution in [-0.4, -0.2) is 31.8 Å². The van der Waals surface area contributed by atoms with Gasteiger partial charge < -0.3 is 18.7 Å². The summed E-state index contributed by atoms with van der Waals surface area (Å²) in [5.41, 5.74) is 2.03. The number of aromatic nitrogens is 1. The summed E-state index contributed by atoms with van der Waals surface area (Å²) in [6.45, 7) is 0.297. The summed E-state index contributed by atoms with van der Waals surface area (Å²) in [4.78, 5) is 0.201. The van der Waals surface area contributed by atoms with Crippen LogP contribution in [0.2, 0.25) is 0 Å². The maximum Gasteiger partial charge on any atom is 0.243 e. The molecule has 5 rings (SSSR count). The smallest absolute Gasteiger partial charge is 0.243 e. The van der Waals surface area contributed by atoms with Crippen molar-refractivity contribution < 1.29 is 27.2 Å². The molecule has 0 saturated heterocycles. The molecular weight excluding hydrogens is 456 g/mol. The van der Waals surface area contributed by atoms with Gasteiger partial charge in [-0.3, -0.25) is 0 Å². The van der Waals surface area contributed by atoms with Crippen LogP contribution >= 0.6 is 0 Å². The fourth-order valence-electron chi connectivity index (χ4n) is 3.69. The van der Waals surface area contributed by atoms with Gasteiger partial charge in [0.2, 0.25) is 16.8 Å². The Labute approximate surface area is 197 Å². The van der Waals surface area contributed by atoms with E-state index >= 15 is 0 Å². The molecule has 3 aromatic carbocycles. The molecule has 0 aliphatic carbocycles. The highest BCUT2D eigenvalue weighted by Gasteiger charge is 2.27. The summed E-state index contributed by atoms with van der Waals surface area (Å²) in [6.07, 6.45) is 0. The Morgan fingerprint density at radius 1 is 0.912 bits per heavy atom. The fraction of sp³-hybridized carbons (Fsp3) is 0.160. The number of hydrogen-bond donors (Lipinski definition) is 0. The number of ether oxygens (including phenoxy) is 3. The molecule has 0 fully saturated rings. The van der Waals surface area contributed by atoms with Gasteiger partial charge in [-0.15, -0.1) is 0 Å². The van der Waals surface area contributed by atoms with Crippen molar-refractivity contribution >= 4 is 10.0 Å². The fourth-order valence-corrected chi connectivity index (χ4v) is 5.11. The van der Waals surface area contributed by atoms with Crippen molar-refractivity contribution in [2.45, 2.75) is 18.0 Å². The molecule has 0 unspecified atom stereocenters. The Bertz CT molecular complexity index is 1400. The number of fused-ring (bicyclic) bond motifs is 1. The predicted octanol–water partition coefficient (Wildman–Crippen LogP) is 4.47. The largest absolute Gasteiger partial charge is 0.497 e. The van der Waals surface area contributed by atoms with Crippen LogP contribution in [0.3, 0.4) is 0 Å². The highest BCUT2D eigenvalue weighted by Crippen LogP contribution is 2.34. The molecule has 4 aromatic rings. The molecule has 174 valence electrons. The molecule has 1 aromatic heterocycles. The van der Waals surface area contributed by atoms with Gasteiger partial charge in [-0.2, -0.15) is 4.31 Å². The van der Waals surface area contributed by atoms with Crippen molar-refractivity contribution in [3.05, 3.63) is 90.1 Å². The first-order valence-electron chi connectivity index (χ1n) is 10.6. The van der Waals surface area contributed by atoms with E-state index in [1.165, 1.54) is 4.31 Å². The third-order valence-corrected chi connectivity index (χ3v) is 7.23. The molecule has 0 amide bonds. The normalized spacial score (nSPS) is 12.8. The average Bonchev–Trinajstić information content (AvgIpc) is 3.53. The Balaban J connectivity index is 1.46. The van der Waals surface area contributed by atoms with Gasteiger partial charge in [0.25, 0.3) is 0 Å². The van der Waals surface area contributed by atoms with Gasteiger partial charge in [-0.25, -0.2) is 8.42 Å². The van der Waals surface area contributed by atoms with E-state index in [9.17, 15) is 8.42 Å². The summed E-state index contributed by atoms with van der Waals surface area (Å²) in [5.74, 6) is 2.44. The Morgan fingerprint density at radius 2 is 1.74 bits per heavy atom. The maximum atomic E-state index is 13.5. The van der Waals surface area contributed by atoms with Crippen LogP contribution in [0, 0.1) is 0 Å². The lowest BCUT2D eigenvalue weighted by Gasteiger charge is -2.21. The predicted molar refractivity (Wildman–Crippen MR) is 124 cm³/mol. The highest BCUT2D eigenvalue weighted by molar-refractivity contribution is 7.89. The minimum Gasteiger partial charge on any atom is -0.497 e. The van der Waals surface area contributed by atoms with Crippen LogP contribution in [-0.2, 0) is 23.1 Å². The lowest BCUT2D eigenvalue weighted by Crippen LogP contribution is -2.30. The van der Waals surface area contributed by atoms with Gasteiger partial charge in [-0.1, -0.05) is 41.6 Å². The zero-order valence-electron chi connectivity index (χ0n) is 18.4. The Hall–Kier alpha value is -3.82. The van der Waals surface area contributed by atoms with Gasteiger partial charge >= 0.3 is 0 Å². The van der Waals surface area contributed by atoms with Crippen LogP contribution in [0.5, 0.6) is 17.2 Å². The van der Waals surface area contributed by atoms with Crippen molar-refractivity contribution in [3.8, 4) is 28.6 Å². The minimum absolute atomic E-state index is 0.0269. The molecule has 0 bridgehead atoms. The standard InChI is InChI=1S/C25H22N2O6S/c1-30-21-7-5-6-19(13-21)24-14-20(26-33-24)16-27(34(28,29)22-8-3-2-4-9-22)15-18-10-11-23-25(12-18)32-17-31-23/h2-14H,15-17H2,1H3. The third kappa shape index (κ3) is 4.48. The molecule has 1 aliphatic rings. The number of nitrogens with zero attached hydrogens (tertiary/aromatic N) is 2. The van der Waals surface area contributed by atoms with E-state index in [0.29, 0.717) is 28.7 Å². The van der Waals surface area contributed by atoms with E-state index < -0.39 is 10.0 Å². The van der Waals surface area contributed by atoms with E-state index in [2.05, 4.69) is 5.16 Å². The van der Waals surface area contributed by atoms with E-state index in [4.69, 9.17) is 18.7 Å². The summed E-state index contributed by atoms with van der Waals surface area (Å²) in [7, 11) is -2.23. The SMILES string of the molecule is COc1cccc(-c2cc(CN(Cc3ccc4c(c3)OCO4)S(=O)(=O)c3ccccc3)no2)c1. The maximum absolute atomic E-state index is 13.5. The molecule has 0 N–H and O–H groups in total. The molecule has 1 aliphatic heterocycles. The number of sulfonamides is 1. The zero-order chi connectivity index (χ0) is 23.5. The molecule has 0 atom stereocenters. The van der Waals surface area contributed by atoms with Gasteiger partial charge in [0.05, 0.1) is 24.2 Å². The molecule has 0 saturated carbocycles. The number of benzene rings is 3. The third-order valence-electron chi connectivity index (χ3n) is 5.43. The van der Waals surface area contributed by atoms with Crippen molar-refractivity contribution in [2.24, 2.45) is 0 Å². The summed E-state index contributed by atoms with van der Waals surface area (Å²) >= 11 is 0. The molecular formula is C25H22N2O6S. The zero-order valence-corrected chi connectivity index (χ0v) is 19.2. The van der Waals surface area contributed by atoms with Crippen LogP contribution in [0.4, 0.5) is 0 Å². The first-order chi connectivity index (χ1) is 16.5. The van der Waals surface area contributed by atoms with E-state index in [1.807, 2.05) is 30.3 Å². The minimum atomic E-state index is -3.82. The first-order valence-corrected chi connectivity index (χ1v) is 12.0. The van der Waals surface area contributed by atoms with Gasteiger partial charge in [0.15, 0.2) is 17.3 Å². The van der Waals surface area contributed by atoms with Gasteiger partial charge in [0.1, 0.15) is 5.75 Å².